The predicted molar refractivity (Wildman–Crippen MR) is 49.9 cm³/mol. The second kappa shape index (κ2) is 4.40. The molecule has 0 aromatic rings. The van der Waals surface area contributed by atoms with Gasteiger partial charge >= 0.3 is 0 Å². The number of nitrogens with zero attached hydrogens (tertiary/aromatic N) is 1. The van der Waals surface area contributed by atoms with Gasteiger partial charge in [-0.05, 0) is 0 Å². The summed E-state index contributed by atoms with van der Waals surface area (Å²) >= 11 is 0. The summed E-state index contributed by atoms with van der Waals surface area (Å²) in [5, 5.41) is 8.82. The Kier molecular flexibility index (Phi) is 4.11. The molecule has 0 heterocycles. The maximum absolute atomic E-state index is 11.3. The molecular weight excluding hydrogens is 190 g/mol. The molecule has 0 aliphatic heterocycles. The van der Waals surface area contributed by atoms with Gasteiger partial charge in [0.05, 0.1) is 12.7 Å². The Hall–Kier alpha value is -0.860. The zero-order valence-electron chi connectivity index (χ0n) is 7.78. The lowest BCUT2D eigenvalue weighted by atomic mass is 10.1. The minimum Gasteiger partial charge on any atom is -0.382 e. The minimum atomic E-state index is -3.46. The van der Waals surface area contributed by atoms with Crippen LogP contribution in [0, 0.1) is 11.3 Å². The molecule has 0 N–H and O–H groups in total. The van der Waals surface area contributed by atoms with E-state index < -0.39 is 14.6 Å². The van der Waals surface area contributed by atoms with E-state index in [1.165, 1.54) is 13.2 Å². The van der Waals surface area contributed by atoms with Crippen molar-refractivity contribution in [3.63, 3.8) is 0 Å². The Bertz CT molecular complexity index is 315. The van der Waals surface area contributed by atoms with Crippen LogP contribution in [0.15, 0.2) is 12.7 Å². The third-order valence-electron chi connectivity index (χ3n) is 1.77. The molecule has 0 radical (unpaired) electrons. The van der Waals surface area contributed by atoms with Crippen molar-refractivity contribution >= 4 is 9.84 Å². The van der Waals surface area contributed by atoms with Gasteiger partial charge in [0.15, 0.2) is 14.6 Å². The first kappa shape index (κ1) is 12.1. The van der Waals surface area contributed by atoms with E-state index in [4.69, 9.17) is 10.00 Å². The van der Waals surface area contributed by atoms with E-state index in [9.17, 15) is 8.42 Å². The van der Waals surface area contributed by atoms with Crippen molar-refractivity contribution in [2.75, 3.05) is 20.0 Å². The van der Waals surface area contributed by atoms with E-state index in [1.54, 1.807) is 6.07 Å². The van der Waals surface area contributed by atoms with Gasteiger partial charge in [-0.15, -0.1) is 6.58 Å². The fourth-order valence-electron chi connectivity index (χ4n) is 0.944. The van der Waals surface area contributed by atoms with Crippen LogP contribution in [0.5, 0.6) is 0 Å². The van der Waals surface area contributed by atoms with Crippen molar-refractivity contribution in [2.45, 2.75) is 11.2 Å². The molecule has 13 heavy (non-hydrogen) atoms. The normalized spacial score (nSPS) is 15.8. The molecule has 4 nitrogen and oxygen atoms in total. The maximum Gasteiger partial charge on any atom is 0.184 e. The number of methoxy groups -OCH3 is 1. The molecule has 0 spiro atoms. The van der Waals surface area contributed by atoms with Crippen LogP contribution in [-0.2, 0) is 14.6 Å². The Morgan fingerprint density at radius 3 is 2.46 bits per heavy atom. The SMILES string of the molecule is C=CC[C@](C#N)(COC)S(C)(=O)=O. The van der Waals surface area contributed by atoms with Crippen LogP contribution in [0.1, 0.15) is 6.42 Å². The summed E-state index contributed by atoms with van der Waals surface area (Å²) in [4.78, 5) is 0. The first-order valence-corrected chi connectivity index (χ1v) is 5.53. The largest absolute Gasteiger partial charge is 0.382 e. The van der Waals surface area contributed by atoms with Crippen LogP contribution in [0.2, 0.25) is 0 Å². The van der Waals surface area contributed by atoms with E-state index in [1.807, 2.05) is 0 Å². The van der Waals surface area contributed by atoms with Crippen LogP contribution in [0.25, 0.3) is 0 Å². The second-order valence-electron chi connectivity index (χ2n) is 2.80. The highest BCUT2D eigenvalue weighted by molar-refractivity contribution is 7.92. The lowest BCUT2D eigenvalue weighted by molar-refractivity contribution is 0.181. The number of hydrogen-bond acceptors (Lipinski definition) is 4. The Morgan fingerprint density at radius 2 is 2.23 bits per heavy atom. The number of ether oxygens (including phenoxy) is 1. The van der Waals surface area contributed by atoms with Gasteiger partial charge in [-0.25, -0.2) is 8.42 Å². The zero-order chi connectivity index (χ0) is 10.5. The molecule has 0 unspecified atom stereocenters. The summed E-state index contributed by atoms with van der Waals surface area (Å²) in [5.41, 5.74) is 0. The summed E-state index contributed by atoms with van der Waals surface area (Å²) in [6, 6.07) is 1.77. The fraction of sp³-hybridized carbons (Fsp3) is 0.625. The van der Waals surface area contributed by atoms with Gasteiger partial charge in [0.25, 0.3) is 0 Å². The molecule has 0 saturated heterocycles. The number of sulfone groups is 1. The second-order valence-corrected chi connectivity index (χ2v) is 5.13. The first-order chi connectivity index (χ1) is 5.93. The van der Waals surface area contributed by atoms with Gasteiger partial charge in [0.2, 0.25) is 0 Å². The molecule has 0 fully saturated rings. The summed E-state index contributed by atoms with van der Waals surface area (Å²) in [7, 11) is -2.10. The molecule has 0 aromatic carbocycles. The highest BCUT2D eigenvalue weighted by Crippen LogP contribution is 2.21. The van der Waals surface area contributed by atoms with Crippen molar-refractivity contribution < 1.29 is 13.2 Å². The number of hydrogen-bond donors (Lipinski definition) is 0. The van der Waals surface area contributed by atoms with Crippen LogP contribution in [0.4, 0.5) is 0 Å². The van der Waals surface area contributed by atoms with Crippen LogP contribution >= 0.6 is 0 Å². The van der Waals surface area contributed by atoms with E-state index in [0.29, 0.717) is 0 Å². The highest BCUT2D eigenvalue weighted by atomic mass is 32.2. The van der Waals surface area contributed by atoms with Crippen LogP contribution in [0.3, 0.4) is 0 Å². The number of rotatable bonds is 5. The summed E-state index contributed by atoms with van der Waals surface area (Å²) in [6.07, 6.45) is 2.51. The molecule has 0 amide bonds. The van der Waals surface area contributed by atoms with Gasteiger partial charge in [-0.2, -0.15) is 5.26 Å². The lowest BCUT2D eigenvalue weighted by Crippen LogP contribution is -2.40. The molecule has 5 heteroatoms. The molecule has 0 bridgehead atoms. The van der Waals surface area contributed by atoms with Crippen molar-refractivity contribution in [3.05, 3.63) is 12.7 Å². The number of allylic oxidation sites excluding steroid dienone is 1. The number of nitriles is 1. The van der Waals surface area contributed by atoms with Crippen molar-refractivity contribution in [1.29, 1.82) is 5.26 Å². The van der Waals surface area contributed by atoms with E-state index >= 15 is 0 Å². The average molecular weight is 203 g/mol. The zero-order valence-corrected chi connectivity index (χ0v) is 8.60. The predicted octanol–water partition coefficient (Wildman–Crippen LogP) is 0.516. The lowest BCUT2D eigenvalue weighted by Gasteiger charge is -2.21. The summed E-state index contributed by atoms with van der Waals surface area (Å²) < 4.78 is 25.9. The average Bonchev–Trinajstić information content (AvgIpc) is 2.02. The summed E-state index contributed by atoms with van der Waals surface area (Å²) in [5.74, 6) is 0. The fourth-order valence-corrected chi connectivity index (χ4v) is 1.86. The topological polar surface area (TPSA) is 67.2 Å². The molecule has 0 aromatic heterocycles. The van der Waals surface area contributed by atoms with Crippen LogP contribution < -0.4 is 0 Å². The van der Waals surface area contributed by atoms with E-state index in [-0.39, 0.29) is 13.0 Å². The smallest absolute Gasteiger partial charge is 0.184 e. The summed E-state index contributed by atoms with van der Waals surface area (Å²) in [6.45, 7) is 3.29. The molecular formula is C8H13NO3S. The maximum atomic E-state index is 11.3. The molecule has 0 aliphatic carbocycles. The first-order valence-electron chi connectivity index (χ1n) is 3.64. The van der Waals surface area contributed by atoms with Gasteiger partial charge < -0.3 is 4.74 Å². The van der Waals surface area contributed by atoms with Gasteiger partial charge in [-0.1, -0.05) is 6.08 Å². The van der Waals surface area contributed by atoms with E-state index in [0.717, 1.165) is 6.26 Å². The van der Waals surface area contributed by atoms with Gasteiger partial charge in [-0.3, -0.25) is 0 Å². The van der Waals surface area contributed by atoms with Crippen molar-refractivity contribution in [2.24, 2.45) is 0 Å². The third kappa shape index (κ3) is 2.54. The minimum absolute atomic E-state index is 0.0795. The van der Waals surface area contributed by atoms with Gasteiger partial charge in [0, 0.05) is 19.8 Å². The molecule has 74 valence electrons. The monoisotopic (exact) mass is 203 g/mol. The molecule has 0 rings (SSSR count). The Labute approximate surface area is 78.7 Å². The Morgan fingerprint density at radius 1 is 1.69 bits per heavy atom. The molecule has 0 aliphatic rings. The van der Waals surface area contributed by atoms with E-state index in [2.05, 4.69) is 6.58 Å². The molecule has 1 atom stereocenters. The third-order valence-corrected chi connectivity index (χ3v) is 3.56. The quantitative estimate of drug-likeness (QED) is 0.611. The Balaban J connectivity index is 5.13. The molecule has 0 saturated carbocycles. The van der Waals surface area contributed by atoms with Gasteiger partial charge in [0.1, 0.15) is 0 Å². The van der Waals surface area contributed by atoms with Crippen molar-refractivity contribution in [1.82, 2.24) is 0 Å². The standard InChI is InChI=1S/C8H13NO3S/c1-4-5-8(6-9,7-12-2)13(3,10)11/h4H,1,5,7H2,2-3H3/t8-/m0/s1. The highest BCUT2D eigenvalue weighted by Gasteiger charge is 2.40. The van der Waals surface area contributed by atoms with Crippen molar-refractivity contribution in [3.8, 4) is 6.07 Å². The van der Waals surface area contributed by atoms with Crippen LogP contribution in [-0.4, -0.2) is 33.1 Å².